The summed E-state index contributed by atoms with van der Waals surface area (Å²) in [5, 5.41) is -0.285. The van der Waals surface area contributed by atoms with Gasteiger partial charge in [-0.3, -0.25) is 0 Å². The second-order valence-electron chi connectivity index (χ2n) is 3.09. The zero-order chi connectivity index (χ0) is 11.7. The fourth-order valence-corrected chi connectivity index (χ4v) is 1.36. The van der Waals surface area contributed by atoms with Crippen LogP contribution in [0.1, 0.15) is 5.69 Å². The van der Waals surface area contributed by atoms with E-state index in [1.807, 2.05) is 0 Å². The van der Waals surface area contributed by atoms with E-state index in [2.05, 4.69) is 4.98 Å². The summed E-state index contributed by atoms with van der Waals surface area (Å²) in [6.45, 7) is 0.168. The fraction of sp³-hybridized carbons (Fsp3) is 0.100. The van der Waals surface area contributed by atoms with E-state index in [0.717, 1.165) is 12.1 Å². The summed E-state index contributed by atoms with van der Waals surface area (Å²) in [6.07, 6.45) is 1.29. The van der Waals surface area contributed by atoms with Crippen molar-refractivity contribution in [3.63, 3.8) is 0 Å². The van der Waals surface area contributed by atoms with Gasteiger partial charge in [0.2, 0.25) is 5.89 Å². The monoisotopic (exact) mass is 244 g/mol. The molecule has 0 fully saturated rings. The lowest BCUT2D eigenvalue weighted by atomic mass is 10.2. The molecule has 0 radical (unpaired) electrons. The number of rotatable bonds is 2. The molecule has 0 aliphatic rings. The predicted octanol–water partition coefficient (Wildman–Crippen LogP) is 2.73. The number of hydrogen-bond donors (Lipinski definition) is 1. The van der Waals surface area contributed by atoms with Crippen LogP contribution in [0, 0.1) is 11.6 Å². The van der Waals surface area contributed by atoms with Crippen LogP contribution in [0.25, 0.3) is 11.5 Å². The van der Waals surface area contributed by atoms with E-state index in [1.165, 1.54) is 6.26 Å². The molecule has 0 spiro atoms. The van der Waals surface area contributed by atoms with Crippen molar-refractivity contribution >= 4 is 11.6 Å². The Balaban J connectivity index is 2.51. The summed E-state index contributed by atoms with van der Waals surface area (Å²) in [6, 6.07) is 1.81. The molecule has 0 aliphatic carbocycles. The normalized spacial score (nSPS) is 10.8. The second-order valence-corrected chi connectivity index (χ2v) is 3.50. The summed E-state index contributed by atoms with van der Waals surface area (Å²) < 4.78 is 31.6. The van der Waals surface area contributed by atoms with E-state index in [4.69, 9.17) is 21.8 Å². The van der Waals surface area contributed by atoms with Crippen molar-refractivity contribution in [1.82, 2.24) is 4.98 Å². The summed E-state index contributed by atoms with van der Waals surface area (Å²) >= 11 is 5.42. The standard InChI is InChI=1S/C10H7ClF2N2O/c11-7-2-8(12)6(1-9(7)13)10-15-5(3-14)4-16-10/h1-2,4H,3,14H2. The molecule has 1 heterocycles. The van der Waals surface area contributed by atoms with E-state index < -0.39 is 11.6 Å². The maximum Gasteiger partial charge on any atom is 0.229 e. The van der Waals surface area contributed by atoms with E-state index >= 15 is 0 Å². The number of nitrogens with zero attached hydrogens (tertiary/aromatic N) is 1. The highest BCUT2D eigenvalue weighted by molar-refractivity contribution is 6.30. The molecule has 0 bridgehead atoms. The molecule has 3 nitrogen and oxygen atoms in total. The maximum atomic E-state index is 13.4. The van der Waals surface area contributed by atoms with Crippen LogP contribution in [0.3, 0.4) is 0 Å². The predicted molar refractivity (Wildman–Crippen MR) is 54.8 cm³/mol. The van der Waals surface area contributed by atoms with Crippen LogP contribution in [-0.4, -0.2) is 4.98 Å². The first-order valence-electron chi connectivity index (χ1n) is 4.41. The topological polar surface area (TPSA) is 52.0 Å². The molecule has 0 unspecified atom stereocenters. The minimum absolute atomic E-state index is 0.0199. The Hall–Kier alpha value is -1.46. The highest BCUT2D eigenvalue weighted by atomic mass is 35.5. The van der Waals surface area contributed by atoms with Crippen LogP contribution in [0.15, 0.2) is 22.8 Å². The van der Waals surface area contributed by atoms with Crippen molar-refractivity contribution in [2.75, 3.05) is 0 Å². The molecule has 16 heavy (non-hydrogen) atoms. The number of benzene rings is 1. The zero-order valence-electron chi connectivity index (χ0n) is 8.01. The van der Waals surface area contributed by atoms with Crippen molar-refractivity contribution in [3.8, 4) is 11.5 Å². The van der Waals surface area contributed by atoms with E-state index in [0.29, 0.717) is 5.69 Å². The van der Waals surface area contributed by atoms with E-state index in [1.54, 1.807) is 0 Å². The van der Waals surface area contributed by atoms with Gasteiger partial charge in [-0.15, -0.1) is 0 Å². The van der Waals surface area contributed by atoms with Crippen molar-refractivity contribution in [1.29, 1.82) is 0 Å². The lowest BCUT2D eigenvalue weighted by molar-refractivity contribution is 0.555. The van der Waals surface area contributed by atoms with Crippen molar-refractivity contribution in [2.24, 2.45) is 5.73 Å². The first-order valence-corrected chi connectivity index (χ1v) is 4.79. The van der Waals surface area contributed by atoms with Gasteiger partial charge in [0.1, 0.15) is 17.9 Å². The van der Waals surface area contributed by atoms with E-state index in [9.17, 15) is 8.78 Å². The molecule has 84 valence electrons. The summed E-state index contributed by atoms with van der Waals surface area (Å²) in [7, 11) is 0. The third-order valence-corrected chi connectivity index (χ3v) is 2.29. The molecule has 2 rings (SSSR count). The van der Waals surface area contributed by atoms with Gasteiger partial charge in [-0.05, 0) is 12.1 Å². The Morgan fingerprint density at radius 2 is 2.06 bits per heavy atom. The van der Waals surface area contributed by atoms with Crippen LogP contribution in [0.4, 0.5) is 8.78 Å². The van der Waals surface area contributed by atoms with Crippen molar-refractivity contribution < 1.29 is 13.2 Å². The SMILES string of the molecule is NCc1coc(-c2cc(F)c(Cl)cc2F)n1. The molecule has 0 saturated carbocycles. The molecule has 0 amide bonds. The fourth-order valence-electron chi connectivity index (χ4n) is 1.21. The summed E-state index contributed by atoms with van der Waals surface area (Å²) in [4.78, 5) is 3.89. The van der Waals surface area contributed by atoms with Gasteiger partial charge in [0.25, 0.3) is 0 Å². The van der Waals surface area contributed by atoms with Crippen LogP contribution >= 0.6 is 11.6 Å². The Bertz CT molecular complexity index is 528. The molecule has 2 aromatic rings. The number of halogens is 3. The van der Waals surface area contributed by atoms with Gasteiger partial charge in [-0.1, -0.05) is 11.6 Å². The number of oxazole rings is 1. The zero-order valence-corrected chi connectivity index (χ0v) is 8.76. The number of hydrogen-bond acceptors (Lipinski definition) is 3. The lowest BCUT2D eigenvalue weighted by Crippen LogP contribution is -1.96. The lowest BCUT2D eigenvalue weighted by Gasteiger charge is -2.00. The van der Waals surface area contributed by atoms with Gasteiger partial charge >= 0.3 is 0 Å². The Morgan fingerprint density at radius 3 is 2.69 bits per heavy atom. The third kappa shape index (κ3) is 1.91. The quantitative estimate of drug-likeness (QED) is 0.827. The van der Waals surface area contributed by atoms with Gasteiger partial charge in [0.05, 0.1) is 16.3 Å². The molecule has 0 saturated heterocycles. The largest absolute Gasteiger partial charge is 0.444 e. The molecule has 0 aliphatic heterocycles. The van der Waals surface area contributed by atoms with Crippen LogP contribution in [0.2, 0.25) is 5.02 Å². The molecule has 1 aromatic heterocycles. The van der Waals surface area contributed by atoms with Crippen LogP contribution in [-0.2, 0) is 6.54 Å². The molecule has 0 atom stereocenters. The Morgan fingerprint density at radius 1 is 1.31 bits per heavy atom. The highest BCUT2D eigenvalue weighted by Crippen LogP contribution is 2.27. The van der Waals surface area contributed by atoms with Gasteiger partial charge in [-0.2, -0.15) is 0 Å². The van der Waals surface area contributed by atoms with Crippen LogP contribution in [0.5, 0.6) is 0 Å². The average Bonchev–Trinajstić information content (AvgIpc) is 2.71. The first-order chi connectivity index (χ1) is 7.61. The van der Waals surface area contributed by atoms with Gasteiger partial charge < -0.3 is 10.2 Å². The Labute approximate surface area is 94.8 Å². The van der Waals surface area contributed by atoms with Crippen LogP contribution < -0.4 is 5.73 Å². The number of nitrogens with two attached hydrogens (primary N) is 1. The van der Waals surface area contributed by atoms with Crippen molar-refractivity contribution in [3.05, 3.63) is 40.7 Å². The molecular weight excluding hydrogens is 238 g/mol. The molecular formula is C10H7ClF2N2O. The van der Waals surface area contributed by atoms with Crippen molar-refractivity contribution in [2.45, 2.75) is 6.54 Å². The van der Waals surface area contributed by atoms with Gasteiger partial charge in [-0.25, -0.2) is 13.8 Å². The summed E-state index contributed by atoms with van der Waals surface area (Å²) in [5.74, 6) is -1.45. The minimum atomic E-state index is -0.731. The molecule has 6 heteroatoms. The third-order valence-electron chi connectivity index (χ3n) is 2.00. The number of aromatic nitrogens is 1. The summed E-state index contributed by atoms with van der Waals surface area (Å²) in [5.41, 5.74) is 5.70. The second kappa shape index (κ2) is 4.19. The molecule has 1 aromatic carbocycles. The molecule has 2 N–H and O–H groups in total. The smallest absolute Gasteiger partial charge is 0.229 e. The van der Waals surface area contributed by atoms with Gasteiger partial charge in [0, 0.05) is 6.54 Å². The van der Waals surface area contributed by atoms with E-state index in [-0.39, 0.29) is 23.0 Å². The maximum absolute atomic E-state index is 13.4. The highest BCUT2D eigenvalue weighted by Gasteiger charge is 2.14. The average molecular weight is 245 g/mol. The van der Waals surface area contributed by atoms with Gasteiger partial charge in [0.15, 0.2) is 0 Å². The minimum Gasteiger partial charge on any atom is -0.444 e. The first kappa shape index (κ1) is 11.0. The Kier molecular flexibility index (Phi) is 2.89.